The summed E-state index contributed by atoms with van der Waals surface area (Å²) in [6.45, 7) is 3.33. The summed E-state index contributed by atoms with van der Waals surface area (Å²) >= 11 is 5.11. The van der Waals surface area contributed by atoms with Crippen molar-refractivity contribution in [2.24, 2.45) is 0 Å². The number of amides is 1. The van der Waals surface area contributed by atoms with E-state index in [0.717, 1.165) is 16.6 Å². The standard InChI is InChI=1S/C15H17BrN2OS/c1-3-18-10-12(16)8-14(18)15(19)17-9-11-4-6-13(20-2)7-5-11/h4-8,10H,3,9H2,1-2H3,(H,17,19). The van der Waals surface area contributed by atoms with E-state index in [1.54, 1.807) is 11.8 Å². The molecule has 3 nitrogen and oxygen atoms in total. The van der Waals surface area contributed by atoms with Crippen LogP contribution in [0.2, 0.25) is 0 Å². The molecule has 0 unspecified atom stereocenters. The van der Waals surface area contributed by atoms with Crippen molar-refractivity contribution in [1.82, 2.24) is 9.88 Å². The number of benzene rings is 1. The van der Waals surface area contributed by atoms with Gasteiger partial charge < -0.3 is 9.88 Å². The van der Waals surface area contributed by atoms with Gasteiger partial charge in [-0.2, -0.15) is 0 Å². The van der Waals surface area contributed by atoms with E-state index in [0.29, 0.717) is 12.2 Å². The zero-order chi connectivity index (χ0) is 14.5. The van der Waals surface area contributed by atoms with Gasteiger partial charge in [0.2, 0.25) is 0 Å². The third-order valence-corrected chi connectivity index (χ3v) is 4.23. The smallest absolute Gasteiger partial charge is 0.268 e. The van der Waals surface area contributed by atoms with Gasteiger partial charge in [0.05, 0.1) is 0 Å². The summed E-state index contributed by atoms with van der Waals surface area (Å²) in [4.78, 5) is 13.4. The third kappa shape index (κ3) is 3.67. The first-order valence-electron chi connectivity index (χ1n) is 6.41. The van der Waals surface area contributed by atoms with E-state index in [4.69, 9.17) is 0 Å². The van der Waals surface area contributed by atoms with Crippen molar-refractivity contribution in [3.63, 3.8) is 0 Å². The van der Waals surface area contributed by atoms with Crippen molar-refractivity contribution in [3.05, 3.63) is 52.3 Å². The van der Waals surface area contributed by atoms with Gasteiger partial charge in [-0.05, 0) is 52.9 Å². The Kier molecular flexibility index (Phi) is 5.31. The van der Waals surface area contributed by atoms with Crippen LogP contribution in [0.25, 0.3) is 0 Å². The molecule has 1 N–H and O–H groups in total. The second-order valence-corrected chi connectivity index (χ2v) is 6.16. The van der Waals surface area contributed by atoms with E-state index < -0.39 is 0 Å². The van der Waals surface area contributed by atoms with Gasteiger partial charge in [-0.15, -0.1) is 11.8 Å². The molecule has 2 aromatic rings. The van der Waals surface area contributed by atoms with Crippen LogP contribution in [-0.2, 0) is 13.1 Å². The molecule has 0 saturated heterocycles. The highest BCUT2D eigenvalue weighted by molar-refractivity contribution is 9.10. The molecule has 1 aromatic heterocycles. The lowest BCUT2D eigenvalue weighted by molar-refractivity contribution is 0.0941. The van der Waals surface area contributed by atoms with E-state index in [9.17, 15) is 4.79 Å². The Morgan fingerprint density at radius 1 is 1.35 bits per heavy atom. The number of hydrogen-bond donors (Lipinski definition) is 1. The van der Waals surface area contributed by atoms with Crippen molar-refractivity contribution < 1.29 is 4.79 Å². The molecule has 20 heavy (non-hydrogen) atoms. The molecule has 0 saturated carbocycles. The van der Waals surface area contributed by atoms with Crippen molar-refractivity contribution >= 4 is 33.6 Å². The minimum atomic E-state index is -0.0495. The topological polar surface area (TPSA) is 34.0 Å². The molecule has 0 aliphatic rings. The fourth-order valence-electron chi connectivity index (χ4n) is 1.94. The molecule has 1 heterocycles. The highest BCUT2D eigenvalue weighted by atomic mass is 79.9. The Bertz CT molecular complexity index is 592. The molecule has 106 valence electrons. The second kappa shape index (κ2) is 6.99. The fraction of sp³-hybridized carbons (Fsp3) is 0.267. The van der Waals surface area contributed by atoms with Gasteiger partial charge in [0.15, 0.2) is 0 Å². The summed E-state index contributed by atoms with van der Waals surface area (Å²) in [7, 11) is 0. The lowest BCUT2D eigenvalue weighted by atomic mass is 10.2. The van der Waals surface area contributed by atoms with Gasteiger partial charge in [0.25, 0.3) is 5.91 Å². The van der Waals surface area contributed by atoms with Gasteiger partial charge in [0.1, 0.15) is 5.69 Å². The first-order valence-corrected chi connectivity index (χ1v) is 8.42. The van der Waals surface area contributed by atoms with Crippen LogP contribution >= 0.6 is 27.7 Å². The van der Waals surface area contributed by atoms with Crippen LogP contribution in [0, 0.1) is 0 Å². The zero-order valence-electron chi connectivity index (χ0n) is 11.5. The maximum atomic E-state index is 12.2. The Labute approximate surface area is 131 Å². The van der Waals surface area contributed by atoms with Gasteiger partial charge in [0, 0.05) is 28.7 Å². The molecular weight excluding hydrogens is 336 g/mol. The predicted molar refractivity (Wildman–Crippen MR) is 87.2 cm³/mol. The van der Waals surface area contributed by atoms with E-state index in [-0.39, 0.29) is 5.91 Å². The minimum absolute atomic E-state index is 0.0495. The van der Waals surface area contributed by atoms with Crippen LogP contribution in [0.1, 0.15) is 23.0 Å². The van der Waals surface area contributed by atoms with Gasteiger partial charge in [-0.3, -0.25) is 4.79 Å². The largest absolute Gasteiger partial charge is 0.347 e. The number of aryl methyl sites for hydroxylation is 1. The number of aromatic nitrogens is 1. The lowest BCUT2D eigenvalue weighted by Crippen LogP contribution is -2.25. The number of halogens is 1. The first-order chi connectivity index (χ1) is 9.63. The summed E-state index contributed by atoms with van der Waals surface area (Å²) in [5.74, 6) is -0.0495. The fourth-order valence-corrected chi connectivity index (χ4v) is 2.82. The van der Waals surface area contributed by atoms with Gasteiger partial charge >= 0.3 is 0 Å². The Morgan fingerprint density at radius 3 is 2.65 bits per heavy atom. The van der Waals surface area contributed by atoms with Gasteiger partial charge in [-0.1, -0.05) is 12.1 Å². The summed E-state index contributed by atoms with van der Waals surface area (Å²) < 4.78 is 2.85. The number of nitrogens with one attached hydrogen (secondary N) is 1. The molecule has 0 atom stereocenters. The maximum Gasteiger partial charge on any atom is 0.268 e. The molecule has 0 aliphatic heterocycles. The van der Waals surface area contributed by atoms with Crippen molar-refractivity contribution in [3.8, 4) is 0 Å². The SMILES string of the molecule is CCn1cc(Br)cc1C(=O)NCc1ccc(SC)cc1. The number of hydrogen-bond acceptors (Lipinski definition) is 2. The van der Waals surface area contributed by atoms with Crippen LogP contribution < -0.4 is 5.32 Å². The second-order valence-electron chi connectivity index (χ2n) is 4.36. The summed E-state index contributed by atoms with van der Waals surface area (Å²) in [6.07, 6.45) is 3.97. The van der Waals surface area contributed by atoms with Crippen LogP contribution in [0.15, 0.2) is 45.9 Å². The molecule has 0 bridgehead atoms. The highest BCUT2D eigenvalue weighted by Crippen LogP contribution is 2.16. The molecule has 1 aromatic carbocycles. The number of rotatable bonds is 5. The van der Waals surface area contributed by atoms with Crippen LogP contribution in [0.5, 0.6) is 0 Å². The molecule has 1 amide bonds. The summed E-state index contributed by atoms with van der Waals surface area (Å²) in [6, 6.07) is 10.1. The van der Waals surface area contributed by atoms with Crippen molar-refractivity contribution in [2.45, 2.75) is 24.9 Å². The molecule has 0 aliphatic carbocycles. The Balaban J connectivity index is 2.00. The van der Waals surface area contributed by atoms with Crippen molar-refractivity contribution in [1.29, 1.82) is 0 Å². The molecule has 5 heteroatoms. The van der Waals surface area contributed by atoms with E-state index in [1.807, 2.05) is 42.1 Å². The first kappa shape index (κ1) is 15.2. The number of carbonyl (C=O) groups is 1. The van der Waals surface area contributed by atoms with Crippen LogP contribution in [-0.4, -0.2) is 16.7 Å². The lowest BCUT2D eigenvalue weighted by Gasteiger charge is -2.08. The predicted octanol–water partition coefficient (Wildman–Crippen LogP) is 3.92. The molecular formula is C15H17BrN2OS. The van der Waals surface area contributed by atoms with Crippen LogP contribution in [0.3, 0.4) is 0 Å². The third-order valence-electron chi connectivity index (χ3n) is 3.05. The number of carbonyl (C=O) groups excluding carboxylic acids is 1. The van der Waals surface area contributed by atoms with Gasteiger partial charge in [-0.25, -0.2) is 0 Å². The quantitative estimate of drug-likeness (QED) is 0.827. The van der Waals surface area contributed by atoms with E-state index in [1.165, 1.54) is 4.90 Å². The Morgan fingerprint density at radius 2 is 2.05 bits per heavy atom. The molecule has 2 rings (SSSR count). The molecule has 0 radical (unpaired) electrons. The van der Waals surface area contributed by atoms with E-state index >= 15 is 0 Å². The summed E-state index contributed by atoms with van der Waals surface area (Å²) in [5.41, 5.74) is 1.78. The van der Waals surface area contributed by atoms with Crippen molar-refractivity contribution in [2.75, 3.05) is 6.26 Å². The van der Waals surface area contributed by atoms with Crippen LogP contribution in [0.4, 0.5) is 0 Å². The Hall–Kier alpha value is -1.20. The molecule has 0 spiro atoms. The zero-order valence-corrected chi connectivity index (χ0v) is 13.9. The number of nitrogens with zero attached hydrogens (tertiary/aromatic N) is 1. The monoisotopic (exact) mass is 352 g/mol. The number of thioether (sulfide) groups is 1. The summed E-state index contributed by atoms with van der Waals surface area (Å²) in [5, 5.41) is 2.95. The average Bonchev–Trinajstić information content (AvgIpc) is 2.86. The maximum absolute atomic E-state index is 12.2. The molecule has 0 fully saturated rings. The normalized spacial score (nSPS) is 10.6. The minimum Gasteiger partial charge on any atom is -0.347 e. The van der Waals surface area contributed by atoms with E-state index in [2.05, 4.69) is 33.4 Å². The highest BCUT2D eigenvalue weighted by Gasteiger charge is 2.11. The average molecular weight is 353 g/mol.